The molecule has 0 aromatic heterocycles. The van der Waals surface area contributed by atoms with Crippen LogP contribution in [0.5, 0.6) is 0 Å². The molecule has 1 saturated heterocycles. The predicted molar refractivity (Wildman–Crippen MR) is 82.0 cm³/mol. The van der Waals surface area contributed by atoms with Crippen LogP contribution in [0.3, 0.4) is 0 Å². The fraction of sp³-hybridized carbons (Fsp3) is 0.647. The quantitative estimate of drug-likeness (QED) is 0.881. The van der Waals surface area contributed by atoms with Gasteiger partial charge in [0.15, 0.2) is 0 Å². The molecule has 1 heterocycles. The lowest BCUT2D eigenvalue weighted by Gasteiger charge is -2.21. The summed E-state index contributed by atoms with van der Waals surface area (Å²) in [6, 6.07) is 9.83. The number of nitrogens with two attached hydrogens (primary N) is 1. The Hall–Kier alpha value is -0.860. The molecule has 0 spiro atoms. The van der Waals surface area contributed by atoms with Crippen molar-refractivity contribution in [3.8, 4) is 0 Å². The van der Waals surface area contributed by atoms with Crippen LogP contribution in [0.1, 0.15) is 38.3 Å². The monoisotopic (exact) mass is 260 g/mol. The Labute approximate surface area is 118 Å². The molecule has 1 aliphatic rings. The van der Waals surface area contributed by atoms with Gasteiger partial charge in [-0.2, -0.15) is 0 Å². The molecule has 1 aliphatic heterocycles. The van der Waals surface area contributed by atoms with E-state index in [1.807, 2.05) is 0 Å². The summed E-state index contributed by atoms with van der Waals surface area (Å²) in [4.78, 5) is 2.56. The van der Waals surface area contributed by atoms with Crippen molar-refractivity contribution >= 4 is 0 Å². The molecule has 2 N–H and O–H groups in total. The molecule has 2 unspecified atom stereocenters. The molecule has 1 fully saturated rings. The number of nitrogens with zero attached hydrogens (tertiary/aromatic N) is 1. The molecule has 1 aromatic rings. The van der Waals surface area contributed by atoms with E-state index in [-0.39, 0.29) is 0 Å². The minimum atomic E-state index is 0.670. The highest BCUT2D eigenvalue weighted by atomic mass is 15.2. The van der Waals surface area contributed by atoms with Gasteiger partial charge in [0.25, 0.3) is 0 Å². The molecule has 106 valence electrons. The summed E-state index contributed by atoms with van der Waals surface area (Å²) in [7, 11) is 0. The Morgan fingerprint density at radius 1 is 1.21 bits per heavy atom. The lowest BCUT2D eigenvalue weighted by molar-refractivity contribution is 0.256. The molecular weight excluding hydrogens is 232 g/mol. The first-order valence-electron chi connectivity index (χ1n) is 7.60. The highest BCUT2D eigenvalue weighted by molar-refractivity contribution is 5.23. The molecule has 0 saturated carbocycles. The summed E-state index contributed by atoms with van der Waals surface area (Å²) in [5.74, 6) is 1.42. The Morgan fingerprint density at radius 2 is 1.84 bits per heavy atom. The highest BCUT2D eigenvalue weighted by Crippen LogP contribution is 2.24. The van der Waals surface area contributed by atoms with E-state index in [1.165, 1.54) is 24.0 Å². The van der Waals surface area contributed by atoms with Crippen molar-refractivity contribution in [3.05, 3.63) is 35.4 Å². The second kappa shape index (κ2) is 6.53. The highest BCUT2D eigenvalue weighted by Gasteiger charge is 2.27. The summed E-state index contributed by atoms with van der Waals surface area (Å²) >= 11 is 0. The van der Waals surface area contributed by atoms with E-state index < -0.39 is 0 Å². The number of hydrogen-bond acceptors (Lipinski definition) is 2. The average molecular weight is 260 g/mol. The van der Waals surface area contributed by atoms with Crippen molar-refractivity contribution < 1.29 is 0 Å². The van der Waals surface area contributed by atoms with E-state index in [1.54, 1.807) is 0 Å². The van der Waals surface area contributed by atoms with Crippen LogP contribution in [0.4, 0.5) is 0 Å². The van der Waals surface area contributed by atoms with E-state index in [9.17, 15) is 0 Å². The maximum atomic E-state index is 5.79. The van der Waals surface area contributed by atoms with Gasteiger partial charge in [-0.25, -0.2) is 0 Å². The van der Waals surface area contributed by atoms with Gasteiger partial charge in [-0.1, -0.05) is 38.1 Å². The topological polar surface area (TPSA) is 29.3 Å². The van der Waals surface area contributed by atoms with Crippen LogP contribution in [0.15, 0.2) is 24.3 Å². The number of likely N-dealkylation sites (tertiary alicyclic amines) is 1. The van der Waals surface area contributed by atoms with Crippen LogP contribution in [-0.4, -0.2) is 24.0 Å². The normalized spacial score (nSPS) is 24.3. The van der Waals surface area contributed by atoms with Crippen LogP contribution >= 0.6 is 0 Å². The minimum Gasteiger partial charge on any atom is -0.330 e. The van der Waals surface area contributed by atoms with Crippen molar-refractivity contribution in [2.75, 3.05) is 13.1 Å². The molecule has 0 radical (unpaired) electrons. The largest absolute Gasteiger partial charge is 0.330 e. The third kappa shape index (κ3) is 4.05. The fourth-order valence-electron chi connectivity index (χ4n) is 3.10. The number of benzene rings is 1. The summed E-state index contributed by atoms with van der Waals surface area (Å²) in [6.07, 6.45) is 2.43. The molecule has 0 amide bonds. The Bertz CT molecular complexity index is 383. The van der Waals surface area contributed by atoms with Crippen molar-refractivity contribution in [1.29, 1.82) is 0 Å². The van der Waals surface area contributed by atoms with Gasteiger partial charge in [-0.05, 0) is 49.3 Å². The Kier molecular flexibility index (Phi) is 5.00. The third-order valence-electron chi connectivity index (χ3n) is 4.18. The summed E-state index contributed by atoms with van der Waals surface area (Å²) < 4.78 is 0. The Balaban J connectivity index is 1.92. The van der Waals surface area contributed by atoms with Gasteiger partial charge in [0.2, 0.25) is 0 Å². The van der Waals surface area contributed by atoms with Crippen LogP contribution in [0.25, 0.3) is 0 Å². The SMILES string of the molecule is CC(C)Cc1ccc(CN2CC(CN)CC2C)cc1. The molecule has 19 heavy (non-hydrogen) atoms. The van der Waals surface area contributed by atoms with Gasteiger partial charge in [0.05, 0.1) is 0 Å². The predicted octanol–water partition coefficient (Wildman–Crippen LogP) is 3.05. The van der Waals surface area contributed by atoms with E-state index in [0.717, 1.165) is 25.6 Å². The average Bonchev–Trinajstić information content (AvgIpc) is 2.72. The zero-order valence-electron chi connectivity index (χ0n) is 12.6. The molecule has 2 rings (SSSR count). The summed E-state index contributed by atoms with van der Waals surface area (Å²) in [6.45, 7) is 9.92. The fourth-order valence-corrected chi connectivity index (χ4v) is 3.10. The van der Waals surface area contributed by atoms with Gasteiger partial charge in [0, 0.05) is 19.1 Å². The van der Waals surface area contributed by atoms with Gasteiger partial charge >= 0.3 is 0 Å². The van der Waals surface area contributed by atoms with Gasteiger partial charge in [0.1, 0.15) is 0 Å². The van der Waals surface area contributed by atoms with E-state index in [4.69, 9.17) is 5.73 Å². The standard InChI is InChI=1S/C17H28N2/c1-13(2)8-15-4-6-16(7-5-15)11-19-12-17(10-18)9-14(19)3/h4-7,13-14,17H,8-12,18H2,1-3H3. The molecule has 2 atom stereocenters. The van der Waals surface area contributed by atoms with E-state index in [0.29, 0.717) is 12.0 Å². The number of hydrogen-bond donors (Lipinski definition) is 1. The van der Waals surface area contributed by atoms with Crippen LogP contribution in [0, 0.1) is 11.8 Å². The van der Waals surface area contributed by atoms with E-state index >= 15 is 0 Å². The van der Waals surface area contributed by atoms with Gasteiger partial charge in [-0.3, -0.25) is 4.90 Å². The molecule has 2 nitrogen and oxygen atoms in total. The molecule has 0 bridgehead atoms. The second-order valence-corrected chi connectivity index (χ2v) is 6.53. The second-order valence-electron chi connectivity index (χ2n) is 6.53. The van der Waals surface area contributed by atoms with E-state index in [2.05, 4.69) is 49.9 Å². The molecule has 2 heteroatoms. The van der Waals surface area contributed by atoms with Crippen molar-refractivity contribution in [2.45, 2.75) is 46.2 Å². The lowest BCUT2D eigenvalue weighted by Crippen LogP contribution is -2.27. The first-order valence-corrected chi connectivity index (χ1v) is 7.60. The van der Waals surface area contributed by atoms with Crippen molar-refractivity contribution in [1.82, 2.24) is 4.90 Å². The van der Waals surface area contributed by atoms with Crippen LogP contribution in [0.2, 0.25) is 0 Å². The zero-order valence-corrected chi connectivity index (χ0v) is 12.6. The number of rotatable bonds is 5. The molecular formula is C17H28N2. The first kappa shape index (κ1) is 14.5. The van der Waals surface area contributed by atoms with Crippen molar-refractivity contribution in [3.63, 3.8) is 0 Å². The maximum Gasteiger partial charge on any atom is 0.0236 e. The smallest absolute Gasteiger partial charge is 0.0236 e. The zero-order chi connectivity index (χ0) is 13.8. The summed E-state index contributed by atoms with van der Waals surface area (Å²) in [5, 5.41) is 0. The first-order chi connectivity index (χ1) is 9.08. The van der Waals surface area contributed by atoms with Gasteiger partial charge < -0.3 is 5.73 Å². The lowest BCUT2D eigenvalue weighted by atomic mass is 10.0. The third-order valence-corrected chi connectivity index (χ3v) is 4.18. The Morgan fingerprint density at radius 3 is 2.37 bits per heavy atom. The van der Waals surface area contributed by atoms with Gasteiger partial charge in [-0.15, -0.1) is 0 Å². The maximum absolute atomic E-state index is 5.79. The van der Waals surface area contributed by atoms with Crippen LogP contribution in [-0.2, 0) is 13.0 Å². The minimum absolute atomic E-state index is 0.670. The summed E-state index contributed by atoms with van der Waals surface area (Å²) in [5.41, 5.74) is 8.67. The van der Waals surface area contributed by atoms with Crippen LogP contribution < -0.4 is 5.73 Å². The van der Waals surface area contributed by atoms with Crippen molar-refractivity contribution in [2.24, 2.45) is 17.6 Å². The molecule has 0 aliphatic carbocycles. The molecule has 1 aromatic carbocycles.